The number of carbonyl (C=O) groups excluding carboxylic acids is 2. The molecule has 4 rings (SSSR count). The van der Waals surface area contributed by atoms with Crippen LogP contribution in [0.25, 0.3) is 0 Å². The number of piperidine rings is 2. The molecule has 32 heavy (non-hydrogen) atoms. The van der Waals surface area contributed by atoms with E-state index >= 15 is 0 Å². The number of amides is 3. The van der Waals surface area contributed by atoms with E-state index in [1.807, 2.05) is 7.05 Å². The largest absolute Gasteiger partial charge is 0.381 e. The number of hydrogen-bond acceptors (Lipinski definition) is 4. The van der Waals surface area contributed by atoms with Crippen LogP contribution >= 0.6 is 0 Å². The zero-order chi connectivity index (χ0) is 22.8. The summed E-state index contributed by atoms with van der Waals surface area (Å²) in [7, 11) is 3.77. The van der Waals surface area contributed by atoms with E-state index in [9.17, 15) is 9.59 Å². The molecule has 182 valence electrons. The molecule has 0 aromatic heterocycles. The van der Waals surface area contributed by atoms with Crippen molar-refractivity contribution in [3.8, 4) is 0 Å². The van der Waals surface area contributed by atoms with E-state index in [4.69, 9.17) is 4.74 Å². The van der Waals surface area contributed by atoms with Crippen molar-refractivity contribution in [1.82, 2.24) is 20.9 Å². The van der Waals surface area contributed by atoms with E-state index in [1.165, 1.54) is 0 Å². The highest BCUT2D eigenvalue weighted by Gasteiger charge is 2.47. The number of nitrogens with zero attached hydrogens (tertiary/aromatic N) is 1. The maximum Gasteiger partial charge on any atom is 0.315 e. The van der Waals surface area contributed by atoms with Gasteiger partial charge in [0.2, 0.25) is 5.91 Å². The lowest BCUT2D eigenvalue weighted by Crippen LogP contribution is -2.60. The van der Waals surface area contributed by atoms with Gasteiger partial charge in [0, 0.05) is 50.8 Å². The maximum atomic E-state index is 13.4. The molecule has 4 fully saturated rings. The molecular formula is C25H44N4O3. The molecule has 7 nitrogen and oxygen atoms in total. The van der Waals surface area contributed by atoms with Gasteiger partial charge in [-0.2, -0.15) is 0 Å². The number of methoxy groups -OCH3 is 1. The Hall–Kier alpha value is -1.34. The Labute approximate surface area is 193 Å². The monoisotopic (exact) mass is 448 g/mol. The topological polar surface area (TPSA) is 82.7 Å². The third-order valence-corrected chi connectivity index (χ3v) is 8.99. The van der Waals surface area contributed by atoms with Crippen molar-refractivity contribution >= 4 is 11.9 Å². The van der Waals surface area contributed by atoms with Gasteiger partial charge in [0.15, 0.2) is 0 Å². The molecule has 9 unspecified atom stereocenters. The van der Waals surface area contributed by atoms with E-state index in [1.54, 1.807) is 7.11 Å². The Balaban J connectivity index is 1.34. The Morgan fingerprint density at radius 3 is 2.53 bits per heavy atom. The second-order valence-corrected chi connectivity index (χ2v) is 11.2. The summed E-state index contributed by atoms with van der Waals surface area (Å²) in [6.45, 7) is 5.53. The Morgan fingerprint density at radius 1 is 1.03 bits per heavy atom. The molecule has 0 radical (unpaired) electrons. The zero-order valence-corrected chi connectivity index (χ0v) is 20.4. The summed E-state index contributed by atoms with van der Waals surface area (Å²) in [5.41, 5.74) is 0. The smallest absolute Gasteiger partial charge is 0.315 e. The first kappa shape index (κ1) is 23.8. The molecule has 9 atom stereocenters. The SMILES string of the molecule is COC1CCCC(NC(=O)NC2CCC(C)C(C3CC4CNC(C)CC4N(C)C3=O)C2)C1. The highest BCUT2D eigenvalue weighted by atomic mass is 16.5. The maximum absolute atomic E-state index is 13.4. The van der Waals surface area contributed by atoms with E-state index in [2.05, 4.69) is 34.7 Å². The van der Waals surface area contributed by atoms with Crippen molar-refractivity contribution in [3.63, 3.8) is 0 Å². The van der Waals surface area contributed by atoms with Crippen molar-refractivity contribution in [3.05, 3.63) is 0 Å². The van der Waals surface area contributed by atoms with Crippen LogP contribution in [0.5, 0.6) is 0 Å². The van der Waals surface area contributed by atoms with E-state index in [0.29, 0.717) is 35.7 Å². The van der Waals surface area contributed by atoms with Crippen LogP contribution in [0.4, 0.5) is 4.79 Å². The molecule has 2 saturated heterocycles. The van der Waals surface area contributed by atoms with Gasteiger partial charge in [-0.15, -0.1) is 0 Å². The molecule has 0 spiro atoms. The highest BCUT2D eigenvalue weighted by molar-refractivity contribution is 5.80. The van der Waals surface area contributed by atoms with Gasteiger partial charge in [0.1, 0.15) is 0 Å². The van der Waals surface area contributed by atoms with Gasteiger partial charge in [0.25, 0.3) is 0 Å². The Morgan fingerprint density at radius 2 is 1.78 bits per heavy atom. The van der Waals surface area contributed by atoms with Gasteiger partial charge >= 0.3 is 6.03 Å². The van der Waals surface area contributed by atoms with Gasteiger partial charge in [0.05, 0.1) is 6.10 Å². The quantitative estimate of drug-likeness (QED) is 0.618. The summed E-state index contributed by atoms with van der Waals surface area (Å²) < 4.78 is 5.50. The lowest BCUT2D eigenvalue weighted by molar-refractivity contribution is -0.148. The van der Waals surface area contributed by atoms with Crippen LogP contribution in [-0.2, 0) is 9.53 Å². The van der Waals surface area contributed by atoms with Gasteiger partial charge < -0.3 is 25.6 Å². The second kappa shape index (κ2) is 10.3. The number of rotatable bonds is 4. The first-order valence-electron chi connectivity index (χ1n) is 13.0. The summed E-state index contributed by atoms with van der Waals surface area (Å²) >= 11 is 0. The minimum absolute atomic E-state index is 0.0531. The lowest BCUT2D eigenvalue weighted by atomic mass is 9.65. The average molecular weight is 449 g/mol. The molecule has 4 aliphatic rings. The van der Waals surface area contributed by atoms with Crippen molar-refractivity contribution < 1.29 is 14.3 Å². The standard InChI is InChI=1S/C25H44N4O3/c1-15-8-9-19(28-25(31)27-18-6-5-7-20(12-18)32-4)13-21(15)22-11-17-14-26-16(2)10-23(17)29(3)24(22)30/h15-23,26H,5-14H2,1-4H3,(H2,27,28,31). The molecule has 3 amide bonds. The number of nitrogens with one attached hydrogen (secondary N) is 3. The van der Waals surface area contributed by atoms with Crippen molar-refractivity contribution in [2.75, 3.05) is 20.7 Å². The highest BCUT2D eigenvalue weighted by Crippen LogP contribution is 2.43. The molecule has 0 aromatic carbocycles. The van der Waals surface area contributed by atoms with Gasteiger partial charge in [-0.1, -0.05) is 6.92 Å². The number of hydrogen-bond donors (Lipinski definition) is 3. The molecule has 2 heterocycles. The first-order valence-corrected chi connectivity index (χ1v) is 13.0. The Kier molecular flexibility index (Phi) is 7.65. The molecule has 2 aliphatic heterocycles. The van der Waals surface area contributed by atoms with E-state index < -0.39 is 0 Å². The number of likely N-dealkylation sites (tertiary alicyclic amines) is 1. The van der Waals surface area contributed by atoms with Crippen LogP contribution in [0, 0.1) is 23.7 Å². The Bertz CT molecular complexity index is 674. The predicted octanol–water partition coefficient (Wildman–Crippen LogP) is 2.89. The van der Waals surface area contributed by atoms with Gasteiger partial charge in [-0.05, 0) is 82.5 Å². The first-order chi connectivity index (χ1) is 15.4. The van der Waals surface area contributed by atoms with E-state index in [0.717, 1.165) is 64.3 Å². The van der Waals surface area contributed by atoms with Crippen LogP contribution in [0.2, 0.25) is 0 Å². The molecule has 0 bridgehead atoms. The fourth-order valence-corrected chi connectivity index (χ4v) is 7.00. The van der Waals surface area contributed by atoms with Crippen LogP contribution in [0.3, 0.4) is 0 Å². The van der Waals surface area contributed by atoms with Crippen LogP contribution in [-0.4, -0.2) is 67.8 Å². The van der Waals surface area contributed by atoms with Crippen molar-refractivity contribution in [2.24, 2.45) is 23.7 Å². The van der Waals surface area contributed by atoms with Crippen molar-refractivity contribution in [1.29, 1.82) is 0 Å². The molecular weight excluding hydrogens is 404 g/mol. The number of fused-ring (bicyclic) bond motifs is 1. The number of ether oxygens (including phenoxy) is 1. The van der Waals surface area contributed by atoms with Crippen LogP contribution in [0.15, 0.2) is 0 Å². The van der Waals surface area contributed by atoms with E-state index in [-0.39, 0.29) is 30.1 Å². The molecule has 3 N–H and O–H groups in total. The van der Waals surface area contributed by atoms with Crippen molar-refractivity contribution in [2.45, 2.75) is 102 Å². The van der Waals surface area contributed by atoms with Gasteiger partial charge in [-0.3, -0.25) is 4.79 Å². The van der Waals surface area contributed by atoms with Crippen LogP contribution in [0.1, 0.15) is 71.6 Å². The number of carbonyl (C=O) groups is 2. The third-order valence-electron chi connectivity index (χ3n) is 8.99. The predicted molar refractivity (Wildman–Crippen MR) is 125 cm³/mol. The third kappa shape index (κ3) is 5.24. The molecule has 2 saturated carbocycles. The summed E-state index contributed by atoms with van der Waals surface area (Å²) in [5, 5.41) is 10.0. The summed E-state index contributed by atoms with van der Waals surface area (Å²) in [6, 6.07) is 1.15. The summed E-state index contributed by atoms with van der Waals surface area (Å²) in [5.74, 6) is 1.82. The number of urea groups is 1. The second-order valence-electron chi connectivity index (χ2n) is 11.2. The molecule has 2 aliphatic carbocycles. The zero-order valence-electron chi connectivity index (χ0n) is 20.4. The molecule has 7 heteroatoms. The fourth-order valence-electron chi connectivity index (χ4n) is 7.00. The summed E-state index contributed by atoms with van der Waals surface area (Å²) in [6.07, 6.45) is 9.37. The van der Waals surface area contributed by atoms with Crippen LogP contribution < -0.4 is 16.0 Å². The average Bonchev–Trinajstić information content (AvgIpc) is 2.78. The lowest BCUT2D eigenvalue weighted by Gasteiger charge is -2.50. The fraction of sp³-hybridized carbons (Fsp3) is 0.920. The van der Waals surface area contributed by atoms with Gasteiger partial charge in [-0.25, -0.2) is 4.79 Å². The molecule has 0 aromatic rings. The minimum atomic E-state index is -0.0531. The summed E-state index contributed by atoms with van der Waals surface area (Å²) in [4.78, 5) is 28.2. The minimum Gasteiger partial charge on any atom is -0.381 e. The normalized spacial score (nSPS) is 42.8.